The number of aromatic nitrogens is 2. The maximum Gasteiger partial charge on any atom is 0.321 e. The van der Waals surface area contributed by atoms with Crippen LogP contribution in [0.4, 0.5) is 10.5 Å². The Labute approximate surface area is 210 Å². The number of likely N-dealkylation sites (N-methyl/N-ethyl adjacent to an activating group) is 1. The molecule has 0 spiro atoms. The number of carbonyl (C=O) groups is 2. The number of anilines is 1. The summed E-state index contributed by atoms with van der Waals surface area (Å²) in [6, 6.07) is 0.858. The van der Waals surface area contributed by atoms with Crippen molar-refractivity contribution in [2.75, 3.05) is 45.8 Å². The topological polar surface area (TPSA) is 130 Å². The third-order valence-electron chi connectivity index (χ3n) is 6.04. The van der Waals surface area contributed by atoms with Crippen LogP contribution in [0.3, 0.4) is 0 Å². The van der Waals surface area contributed by atoms with E-state index in [1.165, 1.54) is 11.1 Å². The molecule has 0 bridgehead atoms. The van der Waals surface area contributed by atoms with Crippen LogP contribution in [0.5, 0.6) is 5.88 Å². The summed E-state index contributed by atoms with van der Waals surface area (Å²) < 4.78 is 16.3. The third kappa shape index (κ3) is 6.13. The predicted octanol–water partition coefficient (Wildman–Crippen LogP) is 2.07. The highest BCUT2D eigenvalue weighted by molar-refractivity contribution is 5.97. The molecule has 0 aromatic carbocycles. The summed E-state index contributed by atoms with van der Waals surface area (Å²) in [7, 11) is 3.20. The second-order valence-corrected chi connectivity index (χ2v) is 8.94. The molecule has 3 rings (SSSR count). The molecule has 3 amide bonds. The first-order chi connectivity index (χ1) is 17.2. The number of methoxy groups -OCH3 is 1. The van der Waals surface area contributed by atoms with Gasteiger partial charge < -0.3 is 34.2 Å². The Kier molecular flexibility index (Phi) is 8.90. The summed E-state index contributed by atoms with van der Waals surface area (Å²) in [5, 5.41) is 16.5. The molecule has 0 saturated heterocycles. The second-order valence-electron chi connectivity index (χ2n) is 8.94. The fraction of sp³-hybridized carbons (Fsp3) is 0.520. The first-order valence-corrected chi connectivity index (χ1v) is 11.7. The maximum absolute atomic E-state index is 13.4. The van der Waals surface area contributed by atoms with Gasteiger partial charge in [-0.3, -0.25) is 4.79 Å². The van der Waals surface area contributed by atoms with Crippen molar-refractivity contribution in [3.8, 4) is 17.7 Å². The fourth-order valence-corrected chi connectivity index (χ4v) is 3.82. The molecular weight excluding hydrogens is 466 g/mol. The molecule has 3 heterocycles. The largest absolute Gasteiger partial charge is 0.472 e. The number of hydrogen-bond acceptors (Lipinski definition) is 8. The van der Waals surface area contributed by atoms with E-state index in [4.69, 9.17) is 14.0 Å². The maximum atomic E-state index is 13.4. The number of nitrogens with one attached hydrogen (secondary N) is 1. The number of fused-ring (bicyclic) bond motifs is 1. The Morgan fingerprint density at radius 3 is 2.83 bits per heavy atom. The molecule has 36 heavy (non-hydrogen) atoms. The fourth-order valence-electron chi connectivity index (χ4n) is 3.82. The van der Waals surface area contributed by atoms with Gasteiger partial charge in [-0.2, -0.15) is 0 Å². The number of aliphatic hydroxyl groups is 1. The van der Waals surface area contributed by atoms with E-state index in [0.29, 0.717) is 29.2 Å². The van der Waals surface area contributed by atoms with E-state index in [2.05, 4.69) is 27.3 Å². The minimum Gasteiger partial charge on any atom is -0.472 e. The van der Waals surface area contributed by atoms with Gasteiger partial charge in [0.15, 0.2) is 5.76 Å². The highest BCUT2D eigenvalue weighted by atomic mass is 16.5. The van der Waals surface area contributed by atoms with Gasteiger partial charge in [0.2, 0.25) is 5.88 Å². The van der Waals surface area contributed by atoms with Crippen molar-refractivity contribution in [2.24, 2.45) is 5.92 Å². The van der Waals surface area contributed by atoms with Gasteiger partial charge in [0.1, 0.15) is 29.7 Å². The zero-order valence-corrected chi connectivity index (χ0v) is 21.5. The quantitative estimate of drug-likeness (QED) is 0.578. The van der Waals surface area contributed by atoms with E-state index in [0.717, 1.165) is 0 Å². The number of amides is 3. The standard InChI is InChI=1S/C25H33N5O6/c1-15-12-30(16(2)14-31)24(32)20-10-19(8-7-9-34-6)11-26-23(20)35-21(15)13-29(5)25(33)27-22-17(3)28-36-18(22)4/h10-11,15-16,21,31H,9,12-14H2,1-6H3,(H,27,33)/t15-,16+,21+/m1/s1. The summed E-state index contributed by atoms with van der Waals surface area (Å²) in [5.41, 5.74) is 1.90. The average Bonchev–Trinajstić information content (AvgIpc) is 3.18. The molecule has 0 radical (unpaired) electrons. The molecular formula is C25H33N5O6. The van der Waals surface area contributed by atoms with Crippen molar-refractivity contribution < 1.29 is 28.7 Å². The van der Waals surface area contributed by atoms with Gasteiger partial charge in [-0.05, 0) is 26.8 Å². The summed E-state index contributed by atoms with van der Waals surface area (Å²) in [5.74, 6) is 5.96. The van der Waals surface area contributed by atoms with Gasteiger partial charge in [-0.15, -0.1) is 0 Å². The van der Waals surface area contributed by atoms with Gasteiger partial charge in [-0.25, -0.2) is 9.78 Å². The first kappa shape index (κ1) is 27.0. The molecule has 3 atom stereocenters. The van der Waals surface area contributed by atoms with E-state index in [1.54, 1.807) is 45.9 Å². The molecule has 0 saturated carbocycles. The number of carbonyl (C=O) groups excluding carboxylic acids is 2. The Morgan fingerprint density at radius 1 is 1.44 bits per heavy atom. The minimum atomic E-state index is -0.483. The molecule has 0 aliphatic carbocycles. The van der Waals surface area contributed by atoms with E-state index in [-0.39, 0.29) is 49.1 Å². The van der Waals surface area contributed by atoms with Crippen LogP contribution in [0.15, 0.2) is 16.8 Å². The number of rotatable bonds is 6. The van der Waals surface area contributed by atoms with Gasteiger partial charge in [0.05, 0.1) is 19.2 Å². The molecule has 0 fully saturated rings. The molecule has 0 unspecified atom stereocenters. The minimum absolute atomic E-state index is 0.156. The van der Waals surface area contributed by atoms with Crippen LogP contribution in [0.2, 0.25) is 0 Å². The second kappa shape index (κ2) is 11.9. The van der Waals surface area contributed by atoms with Crippen molar-refractivity contribution in [3.63, 3.8) is 0 Å². The van der Waals surface area contributed by atoms with Gasteiger partial charge in [0.25, 0.3) is 5.91 Å². The molecule has 11 nitrogen and oxygen atoms in total. The van der Waals surface area contributed by atoms with E-state index >= 15 is 0 Å². The van der Waals surface area contributed by atoms with Crippen molar-refractivity contribution in [3.05, 3.63) is 34.8 Å². The molecule has 2 aromatic rings. The highest BCUT2D eigenvalue weighted by Gasteiger charge is 2.34. The zero-order valence-electron chi connectivity index (χ0n) is 21.5. The van der Waals surface area contributed by atoms with Crippen LogP contribution in [-0.4, -0.2) is 89.6 Å². The monoisotopic (exact) mass is 499 g/mol. The first-order valence-electron chi connectivity index (χ1n) is 11.7. The SMILES string of the molecule is COCC#Cc1cnc2c(c1)C(=O)N([C@@H](C)CO)C[C@@H](C)[C@H](CN(C)C(=O)Nc1c(C)noc1C)O2. The van der Waals surface area contributed by atoms with Crippen molar-refractivity contribution in [1.29, 1.82) is 0 Å². The Morgan fingerprint density at radius 2 is 2.19 bits per heavy atom. The van der Waals surface area contributed by atoms with Crippen LogP contribution >= 0.6 is 0 Å². The normalized spacial score (nSPS) is 18.2. The lowest BCUT2D eigenvalue weighted by Gasteiger charge is -2.37. The Balaban J connectivity index is 1.88. The molecule has 11 heteroatoms. The van der Waals surface area contributed by atoms with Gasteiger partial charge >= 0.3 is 6.03 Å². The van der Waals surface area contributed by atoms with E-state index < -0.39 is 12.1 Å². The average molecular weight is 500 g/mol. The Bertz CT molecular complexity index is 1130. The van der Waals surface area contributed by atoms with Crippen LogP contribution in [0.1, 0.15) is 41.2 Å². The lowest BCUT2D eigenvalue weighted by molar-refractivity contribution is 0.0356. The van der Waals surface area contributed by atoms with Crippen molar-refractivity contribution in [2.45, 2.75) is 39.8 Å². The van der Waals surface area contributed by atoms with E-state index in [9.17, 15) is 14.7 Å². The highest BCUT2D eigenvalue weighted by Crippen LogP contribution is 2.27. The van der Waals surface area contributed by atoms with E-state index in [1.807, 2.05) is 6.92 Å². The number of pyridine rings is 1. The van der Waals surface area contributed by atoms with Crippen molar-refractivity contribution in [1.82, 2.24) is 19.9 Å². The lowest BCUT2D eigenvalue weighted by atomic mass is 10.00. The number of urea groups is 1. The van der Waals surface area contributed by atoms with Crippen LogP contribution in [-0.2, 0) is 4.74 Å². The number of nitrogens with zero attached hydrogens (tertiary/aromatic N) is 4. The lowest BCUT2D eigenvalue weighted by Crippen LogP contribution is -2.50. The summed E-state index contributed by atoms with van der Waals surface area (Å²) in [6.45, 7) is 7.78. The third-order valence-corrected chi connectivity index (χ3v) is 6.04. The molecule has 1 aliphatic rings. The van der Waals surface area contributed by atoms with Gasteiger partial charge in [-0.1, -0.05) is 23.9 Å². The Hall–Kier alpha value is -3.62. The number of aliphatic hydroxyl groups excluding tert-OH is 1. The van der Waals surface area contributed by atoms with Crippen molar-refractivity contribution >= 4 is 17.6 Å². The molecule has 2 aromatic heterocycles. The van der Waals surface area contributed by atoms with Crippen LogP contribution in [0, 0.1) is 31.6 Å². The van der Waals surface area contributed by atoms with Gasteiger partial charge in [0, 0.05) is 38.4 Å². The summed E-state index contributed by atoms with van der Waals surface area (Å²) >= 11 is 0. The predicted molar refractivity (Wildman–Crippen MR) is 132 cm³/mol. The number of hydrogen-bond donors (Lipinski definition) is 2. The zero-order chi connectivity index (χ0) is 26.4. The smallest absolute Gasteiger partial charge is 0.321 e. The van der Waals surface area contributed by atoms with Crippen LogP contribution in [0.25, 0.3) is 0 Å². The van der Waals surface area contributed by atoms with Crippen LogP contribution < -0.4 is 10.1 Å². The summed E-state index contributed by atoms with van der Waals surface area (Å²) in [4.78, 5) is 33.8. The number of aryl methyl sites for hydroxylation is 2. The molecule has 2 N–H and O–H groups in total. The molecule has 194 valence electrons. The number of ether oxygens (including phenoxy) is 2. The molecule has 1 aliphatic heterocycles. The summed E-state index contributed by atoms with van der Waals surface area (Å²) in [6.07, 6.45) is 1.05.